The molecule has 1 saturated heterocycles. The summed E-state index contributed by atoms with van der Waals surface area (Å²) in [6, 6.07) is 18.0. The second-order valence-electron chi connectivity index (χ2n) is 7.09. The number of hydrogen-bond acceptors (Lipinski definition) is 3. The molecule has 0 unspecified atom stereocenters. The molecule has 1 aromatic heterocycles. The lowest BCUT2D eigenvalue weighted by Crippen LogP contribution is -2.37. The van der Waals surface area contributed by atoms with E-state index in [4.69, 9.17) is 0 Å². The molecule has 6 nitrogen and oxygen atoms in total. The second kappa shape index (κ2) is 8.22. The summed E-state index contributed by atoms with van der Waals surface area (Å²) in [6.45, 7) is 2.07. The lowest BCUT2D eigenvalue weighted by atomic mass is 10.1. The maximum atomic E-state index is 12.9. The zero-order chi connectivity index (χ0) is 20.2. The van der Waals surface area contributed by atoms with E-state index < -0.39 is 0 Å². The Kier molecular flexibility index (Phi) is 5.33. The van der Waals surface area contributed by atoms with Gasteiger partial charge in [-0.3, -0.25) is 9.59 Å². The maximum absolute atomic E-state index is 12.9. The fourth-order valence-electron chi connectivity index (χ4n) is 3.61. The van der Waals surface area contributed by atoms with E-state index in [9.17, 15) is 14.7 Å². The molecule has 0 spiro atoms. The average molecular weight is 389 g/mol. The van der Waals surface area contributed by atoms with Crippen molar-refractivity contribution in [3.63, 3.8) is 0 Å². The van der Waals surface area contributed by atoms with Crippen LogP contribution in [0.2, 0.25) is 0 Å². The number of hydrogen-bond donors (Lipinski definition) is 1. The number of benzene rings is 2. The molecular weight excluding hydrogens is 366 g/mol. The van der Waals surface area contributed by atoms with Gasteiger partial charge in [0.15, 0.2) is 0 Å². The van der Waals surface area contributed by atoms with Crippen LogP contribution >= 0.6 is 0 Å². The third-order valence-corrected chi connectivity index (χ3v) is 5.22. The Hall–Kier alpha value is -3.54. The van der Waals surface area contributed by atoms with Crippen molar-refractivity contribution in [2.45, 2.75) is 6.42 Å². The van der Waals surface area contributed by atoms with Gasteiger partial charge in [0.1, 0.15) is 5.75 Å². The molecule has 0 bridgehead atoms. The highest BCUT2D eigenvalue weighted by Crippen LogP contribution is 2.19. The number of para-hydroxylation sites is 1. The van der Waals surface area contributed by atoms with Gasteiger partial charge >= 0.3 is 0 Å². The van der Waals surface area contributed by atoms with E-state index in [1.165, 1.54) is 6.07 Å². The van der Waals surface area contributed by atoms with Crippen molar-refractivity contribution in [3.8, 4) is 11.4 Å². The van der Waals surface area contributed by atoms with Gasteiger partial charge in [0.25, 0.3) is 11.8 Å². The summed E-state index contributed by atoms with van der Waals surface area (Å²) in [5.41, 5.74) is 1.94. The molecule has 2 amide bonds. The van der Waals surface area contributed by atoms with Crippen molar-refractivity contribution >= 4 is 11.8 Å². The molecule has 0 atom stereocenters. The van der Waals surface area contributed by atoms with Crippen molar-refractivity contribution in [2.75, 3.05) is 26.2 Å². The number of aromatic hydroxyl groups is 1. The van der Waals surface area contributed by atoms with Gasteiger partial charge in [-0.25, -0.2) is 0 Å². The summed E-state index contributed by atoms with van der Waals surface area (Å²) < 4.78 is 1.99. The summed E-state index contributed by atoms with van der Waals surface area (Å²) in [6.07, 6.45) is 4.62. The van der Waals surface area contributed by atoms with Crippen molar-refractivity contribution in [3.05, 3.63) is 84.2 Å². The number of carbonyl (C=O) groups excluding carboxylic acids is 2. The molecule has 148 valence electrons. The van der Waals surface area contributed by atoms with E-state index in [0.717, 1.165) is 5.69 Å². The fraction of sp³-hybridized carbons (Fsp3) is 0.217. The Balaban J connectivity index is 1.42. The molecule has 3 aromatic rings. The Bertz CT molecular complexity index is 996. The molecule has 1 N–H and O–H groups in total. The van der Waals surface area contributed by atoms with Crippen molar-refractivity contribution in [1.82, 2.24) is 14.4 Å². The number of phenols is 1. The van der Waals surface area contributed by atoms with Gasteiger partial charge in [-0.15, -0.1) is 0 Å². The molecule has 29 heavy (non-hydrogen) atoms. The quantitative estimate of drug-likeness (QED) is 0.748. The topological polar surface area (TPSA) is 65.8 Å². The minimum absolute atomic E-state index is 0.0162. The molecule has 2 heterocycles. The molecule has 4 rings (SSSR count). The first-order valence-electron chi connectivity index (χ1n) is 9.73. The number of amides is 2. The standard InChI is InChI=1S/C23H23N3O3/c27-21-7-2-1-6-20(21)23(29)26-15-5-14-25(16-17-26)22(28)18-8-10-19(11-9-18)24-12-3-4-13-24/h1-4,6-13,27H,5,14-17H2. The highest BCUT2D eigenvalue weighted by Gasteiger charge is 2.24. The van der Waals surface area contributed by atoms with Crippen LogP contribution in [0, 0.1) is 0 Å². The van der Waals surface area contributed by atoms with E-state index in [-0.39, 0.29) is 17.6 Å². The van der Waals surface area contributed by atoms with Crippen LogP contribution in [0.1, 0.15) is 27.1 Å². The lowest BCUT2D eigenvalue weighted by Gasteiger charge is -2.22. The maximum Gasteiger partial charge on any atom is 0.257 e. The van der Waals surface area contributed by atoms with Gasteiger partial charge in [-0.1, -0.05) is 12.1 Å². The SMILES string of the molecule is O=C(c1ccc(-n2cccc2)cc1)N1CCCN(C(=O)c2ccccc2O)CC1. The highest BCUT2D eigenvalue weighted by atomic mass is 16.3. The van der Waals surface area contributed by atoms with E-state index in [1.54, 1.807) is 28.0 Å². The normalized spacial score (nSPS) is 14.5. The monoisotopic (exact) mass is 389 g/mol. The Labute approximate surface area is 169 Å². The van der Waals surface area contributed by atoms with E-state index >= 15 is 0 Å². The van der Waals surface area contributed by atoms with Gasteiger partial charge in [-0.05, 0) is 55.0 Å². The number of nitrogens with zero attached hydrogens (tertiary/aromatic N) is 3. The molecule has 6 heteroatoms. The highest BCUT2D eigenvalue weighted by molar-refractivity contribution is 5.97. The lowest BCUT2D eigenvalue weighted by molar-refractivity contribution is 0.0717. The number of rotatable bonds is 3. The number of phenolic OH excluding ortho intramolecular Hbond substituents is 1. The van der Waals surface area contributed by atoms with Crippen molar-refractivity contribution in [2.24, 2.45) is 0 Å². The van der Waals surface area contributed by atoms with Crippen molar-refractivity contribution < 1.29 is 14.7 Å². The zero-order valence-corrected chi connectivity index (χ0v) is 16.1. The van der Waals surface area contributed by atoms with Crippen LogP contribution in [-0.4, -0.2) is 57.5 Å². The fourth-order valence-corrected chi connectivity index (χ4v) is 3.61. The van der Waals surface area contributed by atoms with E-state index in [2.05, 4.69) is 0 Å². The molecule has 1 fully saturated rings. The van der Waals surface area contributed by atoms with Gasteiger partial charge in [0, 0.05) is 49.8 Å². The summed E-state index contributed by atoms with van der Waals surface area (Å²) in [5, 5.41) is 9.95. The van der Waals surface area contributed by atoms with Crippen LogP contribution in [0.4, 0.5) is 0 Å². The predicted molar refractivity (Wildman–Crippen MR) is 110 cm³/mol. The molecule has 0 radical (unpaired) electrons. The van der Waals surface area contributed by atoms with Gasteiger partial charge in [0.2, 0.25) is 0 Å². The molecule has 1 aliphatic heterocycles. The summed E-state index contributed by atoms with van der Waals surface area (Å²) in [7, 11) is 0. The first kappa shape index (κ1) is 18.8. The minimum atomic E-state index is -0.200. The molecule has 0 aliphatic carbocycles. The van der Waals surface area contributed by atoms with Crippen molar-refractivity contribution in [1.29, 1.82) is 0 Å². The average Bonchev–Trinajstić information content (AvgIpc) is 3.18. The summed E-state index contributed by atoms with van der Waals surface area (Å²) in [4.78, 5) is 29.2. The third-order valence-electron chi connectivity index (χ3n) is 5.22. The number of aromatic nitrogens is 1. The first-order chi connectivity index (χ1) is 14.1. The molecule has 0 saturated carbocycles. The Morgan fingerprint density at radius 3 is 2.00 bits per heavy atom. The van der Waals surface area contributed by atoms with Gasteiger partial charge in [-0.2, -0.15) is 0 Å². The smallest absolute Gasteiger partial charge is 0.257 e. The van der Waals surface area contributed by atoms with Crippen LogP contribution in [0.25, 0.3) is 5.69 Å². The first-order valence-corrected chi connectivity index (χ1v) is 9.73. The summed E-state index contributed by atoms with van der Waals surface area (Å²) in [5.74, 6) is -0.244. The van der Waals surface area contributed by atoms with Crippen LogP contribution < -0.4 is 0 Å². The van der Waals surface area contributed by atoms with Gasteiger partial charge < -0.3 is 19.5 Å². The summed E-state index contributed by atoms with van der Waals surface area (Å²) >= 11 is 0. The van der Waals surface area contributed by atoms with E-state index in [1.807, 2.05) is 53.4 Å². The van der Waals surface area contributed by atoms with Crippen LogP contribution in [-0.2, 0) is 0 Å². The van der Waals surface area contributed by atoms with Crippen LogP contribution in [0.5, 0.6) is 5.75 Å². The van der Waals surface area contributed by atoms with Crippen LogP contribution in [0.15, 0.2) is 73.1 Å². The van der Waals surface area contributed by atoms with E-state index in [0.29, 0.717) is 43.7 Å². The molecule has 1 aliphatic rings. The van der Waals surface area contributed by atoms with Gasteiger partial charge in [0.05, 0.1) is 5.56 Å². The van der Waals surface area contributed by atoms with Crippen LogP contribution in [0.3, 0.4) is 0 Å². The third kappa shape index (κ3) is 4.01. The predicted octanol–water partition coefficient (Wildman–Crippen LogP) is 3.17. The Morgan fingerprint density at radius 1 is 0.724 bits per heavy atom. The Morgan fingerprint density at radius 2 is 1.34 bits per heavy atom. The second-order valence-corrected chi connectivity index (χ2v) is 7.09. The molecule has 2 aromatic carbocycles. The minimum Gasteiger partial charge on any atom is -0.507 e. The molecular formula is C23H23N3O3. The largest absolute Gasteiger partial charge is 0.507 e. The number of carbonyl (C=O) groups is 2. The zero-order valence-electron chi connectivity index (χ0n) is 16.1.